The number of nitrogens with zero attached hydrogens (tertiary/aromatic N) is 3. The molecule has 0 amide bonds. The van der Waals surface area contributed by atoms with Gasteiger partial charge in [0, 0.05) is 6.04 Å². The summed E-state index contributed by atoms with van der Waals surface area (Å²) in [6.07, 6.45) is 6.69. The van der Waals surface area contributed by atoms with Crippen molar-refractivity contribution in [3.63, 3.8) is 0 Å². The van der Waals surface area contributed by atoms with Gasteiger partial charge in [0.25, 0.3) is 0 Å². The van der Waals surface area contributed by atoms with Crippen molar-refractivity contribution in [2.75, 3.05) is 0 Å². The van der Waals surface area contributed by atoms with Crippen molar-refractivity contribution in [2.45, 2.75) is 68.8 Å². The average molecular weight is 362 g/mol. The summed E-state index contributed by atoms with van der Waals surface area (Å²) in [5, 5.41) is 4.18. The van der Waals surface area contributed by atoms with Crippen LogP contribution < -0.4 is 4.72 Å². The zero-order chi connectivity index (χ0) is 18.1. The average Bonchev–Trinajstić information content (AvgIpc) is 3.09. The number of hydrogen-bond acceptors (Lipinski definition) is 4. The van der Waals surface area contributed by atoms with Gasteiger partial charge in [-0.15, -0.1) is 0 Å². The van der Waals surface area contributed by atoms with Gasteiger partial charge in [-0.2, -0.15) is 5.10 Å². The Kier molecular flexibility index (Phi) is 4.97. The van der Waals surface area contributed by atoms with Crippen LogP contribution in [0.1, 0.15) is 58.1 Å². The Bertz CT molecular complexity index is 785. The fourth-order valence-electron chi connectivity index (χ4n) is 3.29. The van der Waals surface area contributed by atoms with Gasteiger partial charge in [0.05, 0.1) is 10.9 Å². The van der Waals surface area contributed by atoms with Gasteiger partial charge >= 0.3 is 0 Å². The van der Waals surface area contributed by atoms with Gasteiger partial charge in [0.1, 0.15) is 12.7 Å². The summed E-state index contributed by atoms with van der Waals surface area (Å²) in [4.78, 5) is 4.31. The maximum absolute atomic E-state index is 12.6. The lowest BCUT2D eigenvalue weighted by Gasteiger charge is -2.28. The molecular weight excluding hydrogens is 336 g/mol. The van der Waals surface area contributed by atoms with Gasteiger partial charge in [-0.1, -0.05) is 32.9 Å². The summed E-state index contributed by atoms with van der Waals surface area (Å²) in [5.74, 6) is 0. The van der Waals surface area contributed by atoms with Gasteiger partial charge in [-0.25, -0.2) is 22.8 Å². The van der Waals surface area contributed by atoms with E-state index in [4.69, 9.17) is 0 Å². The van der Waals surface area contributed by atoms with Crippen molar-refractivity contribution in [1.29, 1.82) is 0 Å². The molecule has 136 valence electrons. The topological polar surface area (TPSA) is 76.9 Å². The molecule has 0 radical (unpaired) electrons. The largest absolute Gasteiger partial charge is 0.250 e. The number of hydrogen-bond donors (Lipinski definition) is 1. The molecule has 25 heavy (non-hydrogen) atoms. The second-order valence-electron chi connectivity index (χ2n) is 7.78. The highest BCUT2D eigenvalue weighted by atomic mass is 32.2. The van der Waals surface area contributed by atoms with E-state index in [9.17, 15) is 8.42 Å². The van der Waals surface area contributed by atoms with Crippen LogP contribution in [0.4, 0.5) is 0 Å². The Balaban J connectivity index is 1.62. The zero-order valence-corrected chi connectivity index (χ0v) is 15.8. The van der Waals surface area contributed by atoms with E-state index in [0.717, 1.165) is 31.2 Å². The van der Waals surface area contributed by atoms with Crippen LogP contribution in [-0.2, 0) is 15.4 Å². The number of nitrogens with one attached hydrogen (secondary N) is 1. The quantitative estimate of drug-likeness (QED) is 0.907. The van der Waals surface area contributed by atoms with Gasteiger partial charge < -0.3 is 0 Å². The fraction of sp³-hybridized carbons (Fsp3) is 0.556. The lowest BCUT2D eigenvalue weighted by atomic mass is 9.87. The van der Waals surface area contributed by atoms with Gasteiger partial charge in [0.15, 0.2) is 0 Å². The summed E-state index contributed by atoms with van der Waals surface area (Å²) in [6, 6.07) is 7.49. The van der Waals surface area contributed by atoms with Crippen LogP contribution in [0.3, 0.4) is 0 Å². The lowest BCUT2D eigenvalue weighted by molar-refractivity contribution is 0.293. The highest BCUT2D eigenvalue weighted by Crippen LogP contribution is 2.29. The third-order valence-electron chi connectivity index (χ3n) is 4.86. The highest BCUT2D eigenvalue weighted by Gasteiger charge is 2.27. The van der Waals surface area contributed by atoms with E-state index in [-0.39, 0.29) is 11.5 Å². The molecule has 7 heteroatoms. The van der Waals surface area contributed by atoms with E-state index in [1.54, 1.807) is 18.5 Å². The first-order chi connectivity index (χ1) is 11.8. The molecule has 1 heterocycles. The molecule has 0 spiro atoms. The Labute approximate surface area is 149 Å². The molecule has 1 saturated carbocycles. The van der Waals surface area contributed by atoms with E-state index < -0.39 is 10.0 Å². The minimum Gasteiger partial charge on any atom is -0.250 e. The van der Waals surface area contributed by atoms with Crippen molar-refractivity contribution >= 4 is 10.0 Å². The molecule has 0 bridgehead atoms. The minimum atomic E-state index is -3.48. The first-order valence-electron chi connectivity index (χ1n) is 8.73. The molecular formula is C18H26N4O2S. The standard InChI is InChI=1S/C18H26N4O2S/c1-18(2,3)14-4-10-17(11-5-14)25(23,24)21-15-6-8-16(9-7-15)22-13-19-12-20-22/h4-5,10-13,15-16,21H,6-9H2,1-3H3. The number of rotatable bonds is 4. The summed E-state index contributed by atoms with van der Waals surface area (Å²) >= 11 is 0. The summed E-state index contributed by atoms with van der Waals surface area (Å²) in [6.45, 7) is 6.34. The maximum atomic E-state index is 12.6. The third kappa shape index (κ3) is 4.27. The summed E-state index contributed by atoms with van der Waals surface area (Å²) in [5.41, 5.74) is 1.13. The molecule has 1 aliphatic carbocycles. The SMILES string of the molecule is CC(C)(C)c1ccc(S(=O)(=O)NC2CCC(n3cncn3)CC2)cc1. The van der Waals surface area contributed by atoms with E-state index in [0.29, 0.717) is 10.9 Å². The molecule has 0 saturated heterocycles. The molecule has 1 aromatic carbocycles. The highest BCUT2D eigenvalue weighted by molar-refractivity contribution is 7.89. The molecule has 6 nitrogen and oxygen atoms in total. The van der Waals surface area contributed by atoms with Crippen LogP contribution in [-0.4, -0.2) is 29.2 Å². The molecule has 0 atom stereocenters. The predicted octanol–water partition coefficient (Wildman–Crippen LogP) is 3.04. The molecule has 3 rings (SSSR count). The molecule has 0 aliphatic heterocycles. The summed E-state index contributed by atoms with van der Waals surface area (Å²) < 4.78 is 30.0. The second kappa shape index (κ2) is 6.88. The molecule has 2 aromatic rings. The number of benzene rings is 1. The normalized spacial score (nSPS) is 22.0. The van der Waals surface area contributed by atoms with Crippen LogP contribution >= 0.6 is 0 Å². The van der Waals surface area contributed by atoms with Crippen LogP contribution in [0.25, 0.3) is 0 Å². The van der Waals surface area contributed by atoms with E-state index in [1.807, 2.05) is 16.8 Å². The minimum absolute atomic E-state index is 0.00939. The van der Waals surface area contributed by atoms with Crippen molar-refractivity contribution < 1.29 is 8.42 Å². The molecule has 1 fully saturated rings. The van der Waals surface area contributed by atoms with E-state index in [2.05, 4.69) is 35.6 Å². The van der Waals surface area contributed by atoms with Gasteiger partial charge in [-0.3, -0.25) is 0 Å². The van der Waals surface area contributed by atoms with E-state index in [1.165, 1.54) is 6.33 Å². The Morgan fingerprint density at radius 2 is 1.72 bits per heavy atom. The summed E-state index contributed by atoms with van der Waals surface area (Å²) in [7, 11) is -3.48. The smallest absolute Gasteiger partial charge is 0.240 e. The number of sulfonamides is 1. The number of aromatic nitrogens is 3. The van der Waals surface area contributed by atoms with Crippen LogP contribution in [0.2, 0.25) is 0 Å². The fourth-order valence-corrected chi connectivity index (χ4v) is 4.59. The maximum Gasteiger partial charge on any atom is 0.240 e. The predicted molar refractivity (Wildman–Crippen MR) is 96.8 cm³/mol. The zero-order valence-electron chi connectivity index (χ0n) is 15.0. The Morgan fingerprint density at radius 1 is 1.08 bits per heavy atom. The van der Waals surface area contributed by atoms with Crippen molar-refractivity contribution in [3.05, 3.63) is 42.5 Å². The van der Waals surface area contributed by atoms with Crippen molar-refractivity contribution in [2.24, 2.45) is 0 Å². The van der Waals surface area contributed by atoms with E-state index >= 15 is 0 Å². The van der Waals surface area contributed by atoms with Gasteiger partial charge in [-0.05, 0) is 48.8 Å². The monoisotopic (exact) mass is 362 g/mol. The second-order valence-corrected chi connectivity index (χ2v) is 9.49. The van der Waals surface area contributed by atoms with Gasteiger partial charge in [0.2, 0.25) is 10.0 Å². The van der Waals surface area contributed by atoms with Crippen LogP contribution in [0.15, 0.2) is 41.8 Å². The molecule has 1 aliphatic rings. The van der Waals surface area contributed by atoms with Crippen molar-refractivity contribution in [3.8, 4) is 0 Å². The molecule has 0 unspecified atom stereocenters. The Hall–Kier alpha value is -1.73. The Morgan fingerprint density at radius 3 is 2.24 bits per heavy atom. The van der Waals surface area contributed by atoms with Crippen molar-refractivity contribution in [1.82, 2.24) is 19.5 Å². The molecule has 1 aromatic heterocycles. The van der Waals surface area contributed by atoms with Crippen LogP contribution in [0, 0.1) is 0 Å². The first kappa shape index (κ1) is 18.1. The first-order valence-corrected chi connectivity index (χ1v) is 10.2. The lowest BCUT2D eigenvalue weighted by Crippen LogP contribution is -2.38. The third-order valence-corrected chi connectivity index (χ3v) is 6.40. The van der Waals surface area contributed by atoms with Crippen LogP contribution in [0.5, 0.6) is 0 Å². The molecule has 1 N–H and O–H groups in total.